The van der Waals surface area contributed by atoms with Gasteiger partial charge in [-0.15, -0.1) is 0 Å². The fourth-order valence-corrected chi connectivity index (χ4v) is 3.37. The van der Waals surface area contributed by atoms with E-state index in [1.54, 1.807) is 38.5 Å². The predicted octanol–water partition coefficient (Wildman–Crippen LogP) is 4.35. The van der Waals surface area contributed by atoms with Crippen LogP contribution in [0.2, 0.25) is 5.02 Å². The van der Waals surface area contributed by atoms with Gasteiger partial charge in [-0.05, 0) is 42.7 Å². The molecule has 0 fully saturated rings. The summed E-state index contributed by atoms with van der Waals surface area (Å²) in [5, 5.41) is 3.29. The van der Waals surface area contributed by atoms with Gasteiger partial charge in [-0.1, -0.05) is 35.9 Å². The summed E-state index contributed by atoms with van der Waals surface area (Å²) in [6, 6.07) is 14.7. The lowest BCUT2D eigenvalue weighted by Crippen LogP contribution is -2.49. The van der Waals surface area contributed by atoms with Crippen molar-refractivity contribution in [2.75, 3.05) is 19.5 Å². The molecule has 0 saturated heterocycles. The molecule has 0 heterocycles. The van der Waals surface area contributed by atoms with Gasteiger partial charge in [0.2, 0.25) is 5.79 Å². The Kier molecular flexibility index (Phi) is 5.27. The van der Waals surface area contributed by atoms with Gasteiger partial charge in [0.25, 0.3) is 0 Å². The number of carbonyl (C=O) groups excluding carboxylic acids is 1. The second kappa shape index (κ2) is 7.44. The van der Waals surface area contributed by atoms with E-state index in [-0.39, 0.29) is 0 Å². The molecule has 2 aromatic rings. The Labute approximate surface area is 151 Å². The fourth-order valence-electron chi connectivity index (χ4n) is 3.24. The highest BCUT2D eigenvalue weighted by molar-refractivity contribution is 6.30. The zero-order valence-electron chi connectivity index (χ0n) is 14.1. The molecule has 2 aromatic carbocycles. The van der Waals surface area contributed by atoms with E-state index in [2.05, 4.69) is 5.32 Å². The smallest absolute Gasteiger partial charge is 0.412 e. The van der Waals surface area contributed by atoms with Gasteiger partial charge in [-0.2, -0.15) is 0 Å². The maximum Gasteiger partial charge on any atom is 0.412 e. The first-order chi connectivity index (χ1) is 12.1. The summed E-state index contributed by atoms with van der Waals surface area (Å²) in [7, 11) is 3.11. The zero-order valence-corrected chi connectivity index (χ0v) is 14.9. The molecule has 1 amide bonds. The van der Waals surface area contributed by atoms with Crippen LogP contribution in [0, 0.1) is 0 Å². The van der Waals surface area contributed by atoms with Crippen LogP contribution in [-0.2, 0) is 26.4 Å². The van der Waals surface area contributed by atoms with Crippen LogP contribution in [0.15, 0.2) is 48.5 Å². The molecule has 0 radical (unpaired) electrons. The third-order valence-electron chi connectivity index (χ3n) is 4.44. The van der Waals surface area contributed by atoms with E-state index < -0.39 is 18.0 Å². The Balaban J connectivity index is 1.79. The highest BCUT2D eigenvalue weighted by Crippen LogP contribution is 2.40. The van der Waals surface area contributed by atoms with E-state index >= 15 is 0 Å². The first-order valence-corrected chi connectivity index (χ1v) is 8.38. The number of ether oxygens (including phenoxy) is 3. The first kappa shape index (κ1) is 17.7. The van der Waals surface area contributed by atoms with Gasteiger partial charge in [-0.25, -0.2) is 4.79 Å². The van der Waals surface area contributed by atoms with Crippen molar-refractivity contribution in [2.24, 2.45) is 0 Å². The maximum atomic E-state index is 12.3. The van der Waals surface area contributed by atoms with Gasteiger partial charge in [0.1, 0.15) is 0 Å². The Morgan fingerprint density at radius 2 is 1.80 bits per heavy atom. The van der Waals surface area contributed by atoms with Crippen molar-refractivity contribution in [3.63, 3.8) is 0 Å². The van der Waals surface area contributed by atoms with Crippen molar-refractivity contribution < 1.29 is 19.0 Å². The molecule has 0 aliphatic heterocycles. The minimum Gasteiger partial charge on any atom is -0.440 e. The van der Waals surface area contributed by atoms with Crippen LogP contribution in [0.4, 0.5) is 10.5 Å². The van der Waals surface area contributed by atoms with Crippen molar-refractivity contribution in [3.8, 4) is 0 Å². The topological polar surface area (TPSA) is 56.8 Å². The molecule has 0 aromatic heterocycles. The van der Waals surface area contributed by atoms with Crippen LogP contribution in [0.25, 0.3) is 0 Å². The van der Waals surface area contributed by atoms with Gasteiger partial charge < -0.3 is 14.2 Å². The van der Waals surface area contributed by atoms with Crippen molar-refractivity contribution in [1.29, 1.82) is 0 Å². The Morgan fingerprint density at radius 3 is 2.48 bits per heavy atom. The quantitative estimate of drug-likeness (QED) is 0.822. The van der Waals surface area contributed by atoms with Gasteiger partial charge in [0, 0.05) is 30.5 Å². The van der Waals surface area contributed by atoms with Gasteiger partial charge in [0.15, 0.2) is 6.10 Å². The lowest BCUT2D eigenvalue weighted by molar-refractivity contribution is -0.272. The van der Waals surface area contributed by atoms with Crippen LogP contribution in [-0.4, -0.2) is 26.4 Å². The van der Waals surface area contributed by atoms with Crippen LogP contribution in [0.5, 0.6) is 0 Å². The maximum absolute atomic E-state index is 12.3. The minimum atomic E-state index is -1.12. The standard InChI is InChI=1S/C19H20ClNO4/c1-23-19(24-2)16-6-4-3-5-13(16)7-12-17(19)25-18(22)21-15-10-8-14(20)9-11-15/h3-6,8-11,17H,7,12H2,1-2H3,(H,21,22). The predicted molar refractivity (Wildman–Crippen MR) is 95.8 cm³/mol. The normalized spacial score (nSPS) is 18.3. The molecular formula is C19H20ClNO4. The van der Waals surface area contributed by atoms with E-state index in [0.29, 0.717) is 17.1 Å². The highest BCUT2D eigenvalue weighted by atomic mass is 35.5. The van der Waals surface area contributed by atoms with Gasteiger partial charge in [0.05, 0.1) is 0 Å². The second-order valence-electron chi connectivity index (χ2n) is 5.80. The Morgan fingerprint density at radius 1 is 1.12 bits per heavy atom. The molecule has 1 aliphatic carbocycles. The van der Waals surface area contributed by atoms with E-state index in [1.165, 1.54) is 0 Å². The van der Waals surface area contributed by atoms with Crippen LogP contribution in [0.3, 0.4) is 0 Å². The Hall–Kier alpha value is -2.08. The summed E-state index contributed by atoms with van der Waals surface area (Å²) < 4.78 is 17.0. The molecule has 1 atom stereocenters. The number of methoxy groups -OCH3 is 2. The summed E-state index contributed by atoms with van der Waals surface area (Å²) in [6.45, 7) is 0. The van der Waals surface area contributed by atoms with Crippen LogP contribution >= 0.6 is 11.6 Å². The largest absolute Gasteiger partial charge is 0.440 e. The molecule has 1 unspecified atom stereocenters. The number of carbonyl (C=O) groups is 1. The average molecular weight is 362 g/mol. The molecule has 0 spiro atoms. The molecule has 1 N–H and O–H groups in total. The van der Waals surface area contributed by atoms with Crippen molar-refractivity contribution in [3.05, 3.63) is 64.7 Å². The van der Waals surface area contributed by atoms with Crippen molar-refractivity contribution in [1.82, 2.24) is 0 Å². The average Bonchev–Trinajstić information content (AvgIpc) is 2.64. The monoisotopic (exact) mass is 361 g/mol. The number of benzene rings is 2. The molecule has 5 nitrogen and oxygen atoms in total. The van der Waals surface area contributed by atoms with Crippen LogP contribution in [0.1, 0.15) is 17.5 Å². The summed E-state index contributed by atoms with van der Waals surface area (Å²) in [5.41, 5.74) is 2.62. The second-order valence-corrected chi connectivity index (χ2v) is 6.23. The lowest BCUT2D eigenvalue weighted by Gasteiger charge is -2.41. The SMILES string of the molecule is COC1(OC)c2ccccc2CCC1OC(=O)Nc1ccc(Cl)cc1. The number of amides is 1. The molecule has 0 bridgehead atoms. The zero-order chi connectivity index (χ0) is 17.9. The molecule has 6 heteroatoms. The minimum absolute atomic E-state index is 0.565. The number of halogens is 1. The molecule has 132 valence electrons. The third-order valence-corrected chi connectivity index (χ3v) is 4.69. The van der Waals surface area contributed by atoms with Crippen molar-refractivity contribution in [2.45, 2.75) is 24.7 Å². The number of anilines is 1. The van der Waals surface area contributed by atoms with Gasteiger partial charge >= 0.3 is 6.09 Å². The lowest BCUT2D eigenvalue weighted by atomic mass is 9.84. The van der Waals surface area contributed by atoms with E-state index in [1.807, 2.05) is 24.3 Å². The Bertz CT molecular complexity index is 743. The fraction of sp³-hybridized carbons (Fsp3) is 0.316. The summed E-state index contributed by atoms with van der Waals surface area (Å²) in [5.74, 6) is -1.12. The number of hydrogen-bond acceptors (Lipinski definition) is 4. The van der Waals surface area contributed by atoms with E-state index in [9.17, 15) is 4.79 Å². The highest BCUT2D eigenvalue weighted by Gasteiger charge is 2.48. The number of hydrogen-bond donors (Lipinski definition) is 1. The van der Waals surface area contributed by atoms with E-state index in [0.717, 1.165) is 17.5 Å². The summed E-state index contributed by atoms with van der Waals surface area (Å²) >= 11 is 5.85. The molecule has 3 rings (SSSR count). The molecular weight excluding hydrogens is 342 g/mol. The van der Waals surface area contributed by atoms with E-state index in [4.69, 9.17) is 25.8 Å². The molecule has 0 saturated carbocycles. The van der Waals surface area contributed by atoms with Crippen LogP contribution < -0.4 is 5.32 Å². The van der Waals surface area contributed by atoms with Crippen molar-refractivity contribution >= 4 is 23.4 Å². The number of aryl methyl sites for hydroxylation is 1. The third kappa shape index (κ3) is 3.49. The van der Waals surface area contributed by atoms with Gasteiger partial charge in [-0.3, -0.25) is 5.32 Å². The number of nitrogens with one attached hydrogen (secondary N) is 1. The summed E-state index contributed by atoms with van der Waals surface area (Å²) in [6.07, 6.45) is 0.255. The molecule has 25 heavy (non-hydrogen) atoms. The first-order valence-electron chi connectivity index (χ1n) is 8.01. The molecule has 1 aliphatic rings. The summed E-state index contributed by atoms with van der Waals surface area (Å²) in [4.78, 5) is 12.3. The number of fused-ring (bicyclic) bond motifs is 1. The number of rotatable bonds is 4.